The summed E-state index contributed by atoms with van der Waals surface area (Å²) >= 11 is 0. The van der Waals surface area contributed by atoms with E-state index >= 15 is 0 Å². The third-order valence-corrected chi connectivity index (χ3v) is 4.98. The second-order valence-corrected chi connectivity index (χ2v) is 7.09. The van der Waals surface area contributed by atoms with Gasteiger partial charge in [-0.25, -0.2) is 0 Å². The van der Waals surface area contributed by atoms with Crippen LogP contribution in [0.25, 0.3) is 11.3 Å². The number of carbonyl (C=O) groups excluding carboxylic acids is 1. The average Bonchev–Trinajstić information content (AvgIpc) is 3.18. The minimum Gasteiger partial charge on any atom is -0.369 e. The highest BCUT2D eigenvalue weighted by atomic mass is 16.5. The van der Waals surface area contributed by atoms with Crippen molar-refractivity contribution in [2.75, 3.05) is 42.9 Å². The first-order valence-electron chi connectivity index (χ1n) is 9.53. The Morgan fingerprint density at radius 2 is 1.75 bits per heavy atom. The van der Waals surface area contributed by atoms with Gasteiger partial charge in [-0.05, 0) is 19.1 Å². The van der Waals surface area contributed by atoms with E-state index < -0.39 is 0 Å². The van der Waals surface area contributed by atoms with Crippen molar-refractivity contribution in [2.45, 2.75) is 6.92 Å². The normalized spacial score (nSPS) is 14.8. The van der Waals surface area contributed by atoms with Crippen LogP contribution in [0.1, 0.15) is 5.56 Å². The molecule has 1 aromatic heterocycles. The van der Waals surface area contributed by atoms with E-state index in [1.54, 1.807) is 6.07 Å². The second kappa shape index (κ2) is 8.27. The van der Waals surface area contributed by atoms with Crippen molar-refractivity contribution in [2.24, 2.45) is 0 Å². The smallest absolute Gasteiger partial charge is 0.240 e. The second-order valence-electron chi connectivity index (χ2n) is 7.09. The lowest BCUT2D eigenvalue weighted by molar-refractivity contribution is -0.117. The van der Waals surface area contributed by atoms with Crippen LogP contribution in [0.3, 0.4) is 0 Å². The predicted octanol–water partition coefficient (Wildman–Crippen LogP) is 3.41. The minimum absolute atomic E-state index is 0.0835. The lowest BCUT2D eigenvalue weighted by atomic mass is 10.1. The first kappa shape index (κ1) is 18.3. The van der Waals surface area contributed by atoms with Crippen molar-refractivity contribution in [1.29, 1.82) is 0 Å². The van der Waals surface area contributed by atoms with E-state index in [4.69, 9.17) is 4.52 Å². The Bertz CT molecular complexity index is 913. The Balaban J connectivity index is 1.28. The lowest BCUT2D eigenvalue weighted by Crippen LogP contribution is -2.48. The number of aromatic nitrogens is 1. The van der Waals surface area contributed by atoms with Crippen molar-refractivity contribution in [3.8, 4) is 11.3 Å². The molecule has 6 nitrogen and oxygen atoms in total. The summed E-state index contributed by atoms with van der Waals surface area (Å²) in [6, 6.07) is 20.2. The predicted molar refractivity (Wildman–Crippen MR) is 110 cm³/mol. The molecular formula is C22H24N4O2. The molecule has 0 aliphatic carbocycles. The maximum atomic E-state index is 12.4. The van der Waals surface area contributed by atoms with Crippen LogP contribution in [-0.4, -0.2) is 48.7 Å². The first-order chi connectivity index (χ1) is 13.7. The zero-order valence-electron chi connectivity index (χ0n) is 16.0. The summed E-state index contributed by atoms with van der Waals surface area (Å²) < 4.78 is 5.28. The number of amides is 1. The van der Waals surface area contributed by atoms with Crippen molar-refractivity contribution in [3.63, 3.8) is 0 Å². The zero-order chi connectivity index (χ0) is 19.3. The summed E-state index contributed by atoms with van der Waals surface area (Å²) in [6.07, 6.45) is 0. The topological polar surface area (TPSA) is 61.6 Å². The number of nitrogens with one attached hydrogen (secondary N) is 1. The zero-order valence-corrected chi connectivity index (χ0v) is 16.0. The molecule has 0 spiro atoms. The fourth-order valence-electron chi connectivity index (χ4n) is 3.38. The Morgan fingerprint density at radius 3 is 2.46 bits per heavy atom. The first-order valence-corrected chi connectivity index (χ1v) is 9.53. The van der Waals surface area contributed by atoms with Crippen molar-refractivity contribution >= 4 is 17.5 Å². The van der Waals surface area contributed by atoms with E-state index in [2.05, 4.69) is 44.5 Å². The van der Waals surface area contributed by atoms with Crippen LogP contribution < -0.4 is 10.2 Å². The highest BCUT2D eigenvalue weighted by Crippen LogP contribution is 2.22. The summed E-state index contributed by atoms with van der Waals surface area (Å²) in [5.74, 6) is 0.295. The van der Waals surface area contributed by atoms with Crippen LogP contribution in [0, 0.1) is 6.92 Å². The molecule has 0 unspecified atom stereocenters. The number of anilines is 2. The molecule has 1 amide bonds. The van der Waals surface area contributed by atoms with Gasteiger partial charge in [0.25, 0.3) is 0 Å². The number of hydrogen-bond donors (Lipinski definition) is 1. The van der Waals surface area contributed by atoms with Gasteiger partial charge in [0, 0.05) is 43.5 Å². The molecule has 1 aliphatic heterocycles. The van der Waals surface area contributed by atoms with Crippen molar-refractivity contribution in [3.05, 3.63) is 66.2 Å². The van der Waals surface area contributed by atoms with Gasteiger partial charge < -0.3 is 9.42 Å². The number of aryl methyl sites for hydroxylation is 1. The Morgan fingerprint density at radius 1 is 1.04 bits per heavy atom. The largest absolute Gasteiger partial charge is 0.369 e. The molecular weight excluding hydrogens is 352 g/mol. The van der Waals surface area contributed by atoms with Crippen LogP contribution in [0.4, 0.5) is 11.6 Å². The third-order valence-electron chi connectivity index (χ3n) is 4.98. The number of para-hydroxylation sites is 1. The van der Waals surface area contributed by atoms with Gasteiger partial charge in [0.15, 0.2) is 0 Å². The van der Waals surface area contributed by atoms with Gasteiger partial charge in [-0.15, -0.1) is 0 Å². The van der Waals surface area contributed by atoms with Gasteiger partial charge in [0.1, 0.15) is 5.69 Å². The number of benzene rings is 2. The van der Waals surface area contributed by atoms with Gasteiger partial charge in [-0.3, -0.25) is 15.0 Å². The molecule has 1 aliphatic rings. The number of carbonyl (C=O) groups is 1. The van der Waals surface area contributed by atoms with Gasteiger partial charge in [-0.2, -0.15) is 0 Å². The van der Waals surface area contributed by atoms with E-state index in [9.17, 15) is 4.79 Å². The summed E-state index contributed by atoms with van der Waals surface area (Å²) in [5.41, 5.74) is 4.10. The van der Waals surface area contributed by atoms with Gasteiger partial charge >= 0.3 is 0 Å². The molecule has 0 radical (unpaired) electrons. The lowest BCUT2D eigenvalue weighted by Gasteiger charge is -2.35. The minimum atomic E-state index is -0.0835. The molecule has 1 fully saturated rings. The van der Waals surface area contributed by atoms with Crippen LogP contribution in [0.15, 0.2) is 65.2 Å². The summed E-state index contributed by atoms with van der Waals surface area (Å²) in [7, 11) is 0. The molecule has 0 atom stereocenters. The third kappa shape index (κ3) is 4.40. The van der Waals surface area contributed by atoms with Gasteiger partial charge in [0.2, 0.25) is 11.8 Å². The van der Waals surface area contributed by atoms with Crippen LogP contribution in [0.2, 0.25) is 0 Å². The molecule has 28 heavy (non-hydrogen) atoms. The highest BCUT2D eigenvalue weighted by Gasteiger charge is 2.20. The quantitative estimate of drug-likeness (QED) is 0.739. The molecule has 1 N–H and O–H groups in total. The summed E-state index contributed by atoms with van der Waals surface area (Å²) in [6.45, 7) is 5.93. The molecule has 1 saturated heterocycles. The number of piperazine rings is 1. The van der Waals surface area contributed by atoms with Crippen LogP contribution >= 0.6 is 0 Å². The summed E-state index contributed by atoms with van der Waals surface area (Å²) in [4.78, 5) is 16.9. The van der Waals surface area contributed by atoms with E-state index in [0.29, 0.717) is 18.1 Å². The van der Waals surface area contributed by atoms with Crippen LogP contribution in [-0.2, 0) is 4.79 Å². The van der Waals surface area contributed by atoms with E-state index in [0.717, 1.165) is 31.7 Å². The molecule has 4 rings (SSSR count). The molecule has 6 heteroatoms. The monoisotopic (exact) mass is 376 g/mol. The molecule has 0 bridgehead atoms. The van der Waals surface area contributed by atoms with E-state index in [-0.39, 0.29) is 5.91 Å². The van der Waals surface area contributed by atoms with Gasteiger partial charge in [0.05, 0.1) is 6.54 Å². The molecule has 2 aromatic carbocycles. The van der Waals surface area contributed by atoms with Crippen molar-refractivity contribution in [1.82, 2.24) is 10.1 Å². The Kier molecular flexibility index (Phi) is 5.39. The summed E-state index contributed by atoms with van der Waals surface area (Å²) in [5, 5.41) is 6.86. The molecule has 2 heterocycles. The number of rotatable bonds is 5. The van der Waals surface area contributed by atoms with Crippen LogP contribution in [0.5, 0.6) is 0 Å². The molecule has 0 saturated carbocycles. The number of nitrogens with zero attached hydrogens (tertiary/aromatic N) is 3. The fourth-order valence-corrected chi connectivity index (χ4v) is 3.38. The standard InChI is InChI=1S/C22H24N4O2/c1-17-7-9-18(10-8-17)20-15-22(28-24-20)23-21(27)16-25-11-13-26(14-12-25)19-5-3-2-4-6-19/h2-10,15H,11-14,16H2,1H3,(H,23,27). The maximum absolute atomic E-state index is 12.4. The van der Waals surface area contributed by atoms with Gasteiger partial charge in [-0.1, -0.05) is 53.2 Å². The molecule has 3 aromatic rings. The SMILES string of the molecule is Cc1ccc(-c2cc(NC(=O)CN3CCN(c4ccccc4)CC3)on2)cc1. The maximum Gasteiger partial charge on any atom is 0.240 e. The highest BCUT2D eigenvalue weighted by molar-refractivity contribution is 5.91. The Hall–Kier alpha value is -3.12. The van der Waals surface area contributed by atoms with E-state index in [1.807, 2.05) is 37.3 Å². The average molecular weight is 376 g/mol. The van der Waals surface area contributed by atoms with Crippen molar-refractivity contribution < 1.29 is 9.32 Å². The fraction of sp³-hybridized carbons (Fsp3) is 0.273. The number of hydrogen-bond acceptors (Lipinski definition) is 5. The Labute approximate surface area is 164 Å². The molecule has 144 valence electrons. The van der Waals surface area contributed by atoms with E-state index in [1.165, 1.54) is 11.3 Å².